The molecule has 1 aliphatic carbocycles. The summed E-state index contributed by atoms with van der Waals surface area (Å²) < 4.78 is 4.69. The van der Waals surface area contributed by atoms with Gasteiger partial charge in [0, 0.05) is 18.7 Å². The first-order valence-corrected chi connectivity index (χ1v) is 9.32. The molecule has 0 bridgehead atoms. The number of rotatable bonds is 3. The van der Waals surface area contributed by atoms with Crippen LogP contribution < -0.4 is 5.32 Å². The van der Waals surface area contributed by atoms with Crippen LogP contribution in [0.1, 0.15) is 49.1 Å². The van der Waals surface area contributed by atoms with Gasteiger partial charge >= 0.3 is 11.8 Å². The van der Waals surface area contributed by atoms with Crippen molar-refractivity contribution >= 4 is 17.6 Å². The molecule has 26 heavy (non-hydrogen) atoms. The van der Waals surface area contributed by atoms with Crippen LogP contribution in [0.5, 0.6) is 0 Å². The third-order valence-corrected chi connectivity index (χ3v) is 5.56. The molecule has 2 unspecified atom stereocenters. The van der Waals surface area contributed by atoms with Gasteiger partial charge in [-0.15, -0.1) is 0 Å². The van der Waals surface area contributed by atoms with Crippen LogP contribution in [-0.4, -0.2) is 34.5 Å². The van der Waals surface area contributed by atoms with E-state index in [2.05, 4.69) is 39.3 Å². The molecule has 1 aromatic carbocycles. The number of hydrogen-bond donors (Lipinski definition) is 1. The van der Waals surface area contributed by atoms with E-state index in [1.165, 1.54) is 29.9 Å². The number of carbonyl (C=O) groups is 2. The summed E-state index contributed by atoms with van der Waals surface area (Å²) in [5, 5.41) is 6.13. The second-order valence-electron chi connectivity index (χ2n) is 7.16. The summed E-state index contributed by atoms with van der Waals surface area (Å²) >= 11 is 0. The van der Waals surface area contributed by atoms with Crippen LogP contribution in [0.15, 0.2) is 41.1 Å². The molecule has 2 aliphatic rings. The molecular formula is C20H23N3O3. The number of hydrogen-bond acceptors (Lipinski definition) is 4. The van der Waals surface area contributed by atoms with Crippen molar-refractivity contribution in [2.45, 2.75) is 50.5 Å². The predicted octanol–water partition coefficient (Wildman–Crippen LogP) is 3.11. The average Bonchev–Trinajstić information content (AvgIpc) is 3.33. The van der Waals surface area contributed by atoms with E-state index in [0.717, 1.165) is 32.1 Å². The zero-order chi connectivity index (χ0) is 17.9. The number of fused-ring (bicyclic) bond motifs is 1. The molecule has 2 heterocycles. The number of anilines is 1. The second kappa shape index (κ2) is 7.32. The summed E-state index contributed by atoms with van der Waals surface area (Å²) in [6.45, 7) is 0.643. The van der Waals surface area contributed by atoms with E-state index in [9.17, 15) is 9.59 Å². The van der Waals surface area contributed by atoms with Crippen molar-refractivity contribution in [3.8, 4) is 0 Å². The van der Waals surface area contributed by atoms with Crippen molar-refractivity contribution in [3.05, 3.63) is 47.7 Å². The summed E-state index contributed by atoms with van der Waals surface area (Å²) in [7, 11) is 0. The van der Waals surface area contributed by atoms with E-state index >= 15 is 0 Å². The Labute approximate surface area is 152 Å². The molecule has 0 spiro atoms. The van der Waals surface area contributed by atoms with Gasteiger partial charge in [0.15, 0.2) is 5.82 Å². The SMILES string of the molecule is O=C(Nc1ccon1)C(=O)N1CCCC1CC1CCCc2ccccc21. The number of nitrogens with one attached hydrogen (secondary N) is 1. The highest BCUT2D eigenvalue weighted by atomic mass is 16.5. The van der Waals surface area contributed by atoms with Gasteiger partial charge in [0.2, 0.25) is 0 Å². The molecule has 6 nitrogen and oxygen atoms in total. The Morgan fingerprint density at radius 2 is 2.08 bits per heavy atom. The highest BCUT2D eigenvalue weighted by Crippen LogP contribution is 2.37. The lowest BCUT2D eigenvalue weighted by Crippen LogP contribution is -2.43. The molecule has 6 heteroatoms. The van der Waals surface area contributed by atoms with Crippen LogP contribution in [0.4, 0.5) is 5.82 Å². The van der Waals surface area contributed by atoms with Crippen LogP contribution in [-0.2, 0) is 16.0 Å². The maximum Gasteiger partial charge on any atom is 0.315 e. The van der Waals surface area contributed by atoms with Crippen LogP contribution in [0, 0.1) is 0 Å². The van der Waals surface area contributed by atoms with Gasteiger partial charge in [-0.2, -0.15) is 0 Å². The Hall–Kier alpha value is -2.63. The molecule has 136 valence electrons. The Kier molecular flexibility index (Phi) is 4.73. The second-order valence-corrected chi connectivity index (χ2v) is 7.16. The molecule has 2 amide bonds. The number of aryl methyl sites for hydroxylation is 1. The Morgan fingerprint density at radius 1 is 1.19 bits per heavy atom. The van der Waals surface area contributed by atoms with Crippen LogP contribution in [0.3, 0.4) is 0 Å². The first kappa shape index (κ1) is 16.8. The molecule has 2 atom stereocenters. The van der Waals surface area contributed by atoms with Gasteiger partial charge in [-0.3, -0.25) is 14.9 Å². The number of likely N-dealkylation sites (tertiary alicyclic amines) is 1. The fourth-order valence-corrected chi connectivity index (χ4v) is 4.35. The largest absolute Gasteiger partial charge is 0.363 e. The lowest BCUT2D eigenvalue weighted by atomic mass is 9.79. The van der Waals surface area contributed by atoms with Gasteiger partial charge in [0.05, 0.1) is 0 Å². The van der Waals surface area contributed by atoms with Crippen molar-refractivity contribution in [1.29, 1.82) is 0 Å². The number of aromatic nitrogens is 1. The summed E-state index contributed by atoms with van der Waals surface area (Å²) in [6.07, 6.45) is 7.68. The van der Waals surface area contributed by atoms with Crippen molar-refractivity contribution in [3.63, 3.8) is 0 Å². The highest BCUT2D eigenvalue weighted by Gasteiger charge is 2.35. The van der Waals surface area contributed by atoms with E-state index in [-0.39, 0.29) is 11.9 Å². The van der Waals surface area contributed by atoms with Gasteiger partial charge in [-0.1, -0.05) is 29.4 Å². The summed E-state index contributed by atoms with van der Waals surface area (Å²) in [6, 6.07) is 10.3. The van der Waals surface area contributed by atoms with Crippen molar-refractivity contribution in [1.82, 2.24) is 10.1 Å². The van der Waals surface area contributed by atoms with Crippen LogP contribution in [0.2, 0.25) is 0 Å². The van der Waals surface area contributed by atoms with E-state index in [4.69, 9.17) is 0 Å². The zero-order valence-corrected chi connectivity index (χ0v) is 14.7. The molecule has 2 aromatic rings. The normalized spacial score (nSPS) is 22.1. The van der Waals surface area contributed by atoms with E-state index in [1.807, 2.05) is 0 Å². The Balaban J connectivity index is 1.44. The Morgan fingerprint density at radius 3 is 2.92 bits per heavy atom. The van der Waals surface area contributed by atoms with E-state index in [0.29, 0.717) is 12.5 Å². The summed E-state index contributed by atoms with van der Waals surface area (Å²) in [4.78, 5) is 26.6. The third kappa shape index (κ3) is 3.36. The monoisotopic (exact) mass is 353 g/mol. The predicted molar refractivity (Wildman–Crippen MR) is 96.6 cm³/mol. The minimum Gasteiger partial charge on any atom is -0.363 e. The maximum absolute atomic E-state index is 12.6. The summed E-state index contributed by atoms with van der Waals surface area (Å²) in [5.74, 6) is -0.383. The standard InChI is InChI=1S/C20H23N3O3/c24-19(21-18-10-12-26-22-18)20(25)23-11-4-8-16(23)13-15-7-3-6-14-5-1-2-9-17(14)15/h1-2,5,9-10,12,15-16H,3-4,6-8,11,13H2,(H,21,22,24). The van der Waals surface area contributed by atoms with Gasteiger partial charge < -0.3 is 9.42 Å². The molecule has 1 fully saturated rings. The van der Waals surface area contributed by atoms with Crippen molar-refractivity contribution < 1.29 is 14.1 Å². The number of carbonyl (C=O) groups excluding carboxylic acids is 2. The van der Waals surface area contributed by atoms with Crippen molar-refractivity contribution in [2.24, 2.45) is 0 Å². The molecule has 1 saturated heterocycles. The summed E-state index contributed by atoms with van der Waals surface area (Å²) in [5.41, 5.74) is 2.86. The molecule has 1 aliphatic heterocycles. The fourth-order valence-electron chi connectivity index (χ4n) is 4.35. The number of amides is 2. The zero-order valence-electron chi connectivity index (χ0n) is 14.7. The molecule has 0 saturated carbocycles. The Bertz CT molecular complexity index is 787. The van der Waals surface area contributed by atoms with Crippen molar-refractivity contribution in [2.75, 3.05) is 11.9 Å². The smallest absolute Gasteiger partial charge is 0.315 e. The minimum absolute atomic E-state index is 0.127. The number of benzene rings is 1. The molecular weight excluding hydrogens is 330 g/mol. The maximum atomic E-state index is 12.6. The van der Waals surface area contributed by atoms with Gasteiger partial charge in [0.1, 0.15) is 6.26 Å². The molecule has 0 radical (unpaired) electrons. The minimum atomic E-state index is -0.644. The topological polar surface area (TPSA) is 75.4 Å². The molecule has 1 aromatic heterocycles. The first-order chi connectivity index (χ1) is 12.7. The van der Waals surface area contributed by atoms with E-state index < -0.39 is 11.8 Å². The average molecular weight is 353 g/mol. The molecule has 1 N–H and O–H groups in total. The van der Waals surface area contributed by atoms with Gasteiger partial charge in [0.25, 0.3) is 0 Å². The van der Waals surface area contributed by atoms with Crippen LogP contribution in [0.25, 0.3) is 0 Å². The third-order valence-electron chi connectivity index (χ3n) is 5.56. The quantitative estimate of drug-likeness (QED) is 0.860. The van der Waals surface area contributed by atoms with Gasteiger partial charge in [-0.25, -0.2) is 0 Å². The first-order valence-electron chi connectivity index (χ1n) is 9.32. The lowest BCUT2D eigenvalue weighted by Gasteiger charge is -2.31. The van der Waals surface area contributed by atoms with E-state index in [1.54, 1.807) is 4.90 Å². The van der Waals surface area contributed by atoms with Crippen LogP contribution >= 0.6 is 0 Å². The van der Waals surface area contributed by atoms with Gasteiger partial charge in [-0.05, 0) is 55.6 Å². The fraction of sp³-hybridized carbons (Fsp3) is 0.450. The molecule has 4 rings (SSSR count). The number of nitrogens with zero attached hydrogens (tertiary/aromatic N) is 2. The highest BCUT2D eigenvalue weighted by molar-refractivity contribution is 6.39. The lowest BCUT2D eigenvalue weighted by molar-refractivity contribution is -0.143.